The number of hydrogen-bond donors (Lipinski definition) is 2. The Bertz CT molecular complexity index is 1280. The second-order valence-corrected chi connectivity index (χ2v) is 8.85. The minimum absolute atomic E-state index is 0.0584. The standard InChI is InChI=1S/C28H27NO6/c30-27(29-22-4-2-1-3-5-22)16-33-23-10-8-18-6-7-19(12-21(18)13-23)24(15-28(31)32)20-9-11-25-26(14-20)35-17-34-25/h2,4,6-14,22,24H,1,3,5,15-17H2,(H,29,30)(H,31,32)/t22-,24-/m0/s1. The molecule has 0 fully saturated rings. The van der Waals surface area contributed by atoms with Crippen LogP contribution in [0.5, 0.6) is 17.2 Å². The van der Waals surface area contributed by atoms with E-state index in [-0.39, 0.29) is 37.7 Å². The number of fused-ring (bicyclic) bond motifs is 2. The number of nitrogens with one attached hydrogen (secondary N) is 1. The van der Waals surface area contributed by atoms with Crippen LogP contribution in [-0.2, 0) is 9.59 Å². The van der Waals surface area contributed by atoms with E-state index in [1.54, 1.807) is 0 Å². The Balaban J connectivity index is 1.35. The molecule has 7 heteroatoms. The van der Waals surface area contributed by atoms with Crippen LogP contribution < -0.4 is 19.5 Å². The van der Waals surface area contributed by atoms with Gasteiger partial charge in [-0.3, -0.25) is 9.59 Å². The second kappa shape index (κ2) is 10.1. The fourth-order valence-corrected chi connectivity index (χ4v) is 4.61. The highest BCUT2D eigenvalue weighted by molar-refractivity contribution is 5.85. The normalized spacial score (nSPS) is 17.2. The Morgan fingerprint density at radius 3 is 2.63 bits per heavy atom. The SMILES string of the molecule is O=C(O)C[C@H](c1ccc2c(c1)OCO2)c1ccc2ccc(OCC(=O)N[C@H]3C=CCCC3)cc2c1. The van der Waals surface area contributed by atoms with Gasteiger partial charge in [-0.15, -0.1) is 0 Å². The van der Waals surface area contributed by atoms with Gasteiger partial charge in [0.2, 0.25) is 6.79 Å². The van der Waals surface area contributed by atoms with Crippen LogP contribution in [0.1, 0.15) is 42.7 Å². The summed E-state index contributed by atoms with van der Waals surface area (Å²) in [5.74, 6) is 0.471. The lowest BCUT2D eigenvalue weighted by molar-refractivity contribution is -0.137. The molecular weight excluding hydrogens is 446 g/mol. The molecule has 2 atom stereocenters. The van der Waals surface area contributed by atoms with Gasteiger partial charge < -0.3 is 24.6 Å². The van der Waals surface area contributed by atoms with Crippen LogP contribution in [0.15, 0.2) is 66.7 Å². The van der Waals surface area contributed by atoms with E-state index in [1.807, 2.05) is 60.7 Å². The van der Waals surface area contributed by atoms with Gasteiger partial charge in [0.15, 0.2) is 18.1 Å². The highest BCUT2D eigenvalue weighted by atomic mass is 16.7. The highest BCUT2D eigenvalue weighted by Gasteiger charge is 2.22. The van der Waals surface area contributed by atoms with Gasteiger partial charge >= 0.3 is 5.97 Å². The van der Waals surface area contributed by atoms with Gasteiger partial charge in [-0.2, -0.15) is 0 Å². The predicted octanol–water partition coefficient (Wildman–Crippen LogP) is 4.78. The summed E-state index contributed by atoms with van der Waals surface area (Å²) >= 11 is 0. The minimum Gasteiger partial charge on any atom is -0.484 e. The van der Waals surface area contributed by atoms with Crippen molar-refractivity contribution in [1.82, 2.24) is 5.32 Å². The number of rotatable bonds is 8. The molecule has 1 heterocycles. The average Bonchev–Trinajstić information content (AvgIpc) is 3.34. The van der Waals surface area contributed by atoms with Crippen LogP contribution in [0.25, 0.3) is 10.8 Å². The average molecular weight is 474 g/mol. The zero-order chi connectivity index (χ0) is 24.2. The molecule has 0 saturated heterocycles. The van der Waals surface area contributed by atoms with Gasteiger partial charge in [-0.05, 0) is 65.4 Å². The summed E-state index contributed by atoms with van der Waals surface area (Å²) in [6.45, 7) is 0.102. The summed E-state index contributed by atoms with van der Waals surface area (Å²) in [4.78, 5) is 24.0. The lowest BCUT2D eigenvalue weighted by atomic mass is 9.87. The summed E-state index contributed by atoms with van der Waals surface area (Å²) in [6, 6.07) is 17.2. The van der Waals surface area contributed by atoms with Crippen molar-refractivity contribution in [3.8, 4) is 17.2 Å². The molecule has 3 aromatic rings. The van der Waals surface area contributed by atoms with Gasteiger partial charge in [0, 0.05) is 12.0 Å². The highest BCUT2D eigenvalue weighted by Crippen LogP contribution is 2.38. The maximum absolute atomic E-state index is 12.3. The van der Waals surface area contributed by atoms with Crippen molar-refractivity contribution >= 4 is 22.6 Å². The van der Waals surface area contributed by atoms with Crippen LogP contribution in [0, 0.1) is 0 Å². The van der Waals surface area contributed by atoms with Crippen molar-refractivity contribution in [2.75, 3.05) is 13.4 Å². The molecule has 0 saturated carbocycles. The summed E-state index contributed by atoms with van der Waals surface area (Å²) in [6.07, 6.45) is 7.15. The molecule has 0 bridgehead atoms. The Labute approximate surface area is 203 Å². The number of carbonyl (C=O) groups is 2. The molecule has 1 aliphatic heterocycles. The summed E-state index contributed by atoms with van der Waals surface area (Å²) < 4.78 is 16.6. The molecule has 0 radical (unpaired) electrons. The molecule has 180 valence electrons. The molecule has 7 nitrogen and oxygen atoms in total. The van der Waals surface area contributed by atoms with Gasteiger partial charge in [-0.1, -0.05) is 42.5 Å². The van der Waals surface area contributed by atoms with E-state index in [1.165, 1.54) is 0 Å². The Kier molecular flexibility index (Phi) is 6.57. The van der Waals surface area contributed by atoms with E-state index in [9.17, 15) is 14.7 Å². The Morgan fingerprint density at radius 1 is 1.00 bits per heavy atom. The predicted molar refractivity (Wildman–Crippen MR) is 131 cm³/mol. The smallest absolute Gasteiger partial charge is 0.304 e. The van der Waals surface area contributed by atoms with Gasteiger partial charge in [-0.25, -0.2) is 0 Å². The molecular formula is C28H27NO6. The second-order valence-electron chi connectivity index (χ2n) is 8.85. The van der Waals surface area contributed by atoms with Gasteiger partial charge in [0.1, 0.15) is 5.75 Å². The van der Waals surface area contributed by atoms with E-state index in [0.29, 0.717) is 17.2 Å². The quantitative estimate of drug-likeness (QED) is 0.458. The van der Waals surface area contributed by atoms with E-state index < -0.39 is 5.97 Å². The third-order valence-electron chi connectivity index (χ3n) is 6.39. The first kappa shape index (κ1) is 22.8. The number of carboxylic acids is 1. The third-order valence-corrected chi connectivity index (χ3v) is 6.39. The number of ether oxygens (including phenoxy) is 3. The first-order valence-electron chi connectivity index (χ1n) is 11.8. The van der Waals surface area contributed by atoms with Crippen molar-refractivity contribution in [2.45, 2.75) is 37.6 Å². The summed E-state index contributed by atoms with van der Waals surface area (Å²) in [7, 11) is 0. The zero-order valence-electron chi connectivity index (χ0n) is 19.2. The van der Waals surface area contributed by atoms with Crippen molar-refractivity contribution in [2.24, 2.45) is 0 Å². The molecule has 1 amide bonds. The van der Waals surface area contributed by atoms with Crippen LogP contribution in [0.3, 0.4) is 0 Å². The first-order valence-corrected chi connectivity index (χ1v) is 11.8. The molecule has 5 rings (SSSR count). The molecule has 2 aliphatic rings. The monoisotopic (exact) mass is 473 g/mol. The van der Waals surface area contributed by atoms with Crippen molar-refractivity contribution in [3.63, 3.8) is 0 Å². The molecule has 3 aromatic carbocycles. The van der Waals surface area contributed by atoms with Gasteiger partial charge in [0.25, 0.3) is 5.91 Å². The number of amides is 1. The largest absolute Gasteiger partial charge is 0.484 e. The topological polar surface area (TPSA) is 94.1 Å². The lowest BCUT2D eigenvalue weighted by Crippen LogP contribution is -2.37. The van der Waals surface area contributed by atoms with Crippen molar-refractivity contribution < 1.29 is 28.9 Å². The molecule has 0 spiro atoms. The fraction of sp³-hybridized carbons (Fsp3) is 0.286. The minimum atomic E-state index is -0.885. The van der Waals surface area contributed by atoms with Crippen LogP contribution in [-0.4, -0.2) is 36.4 Å². The number of hydrogen-bond acceptors (Lipinski definition) is 5. The lowest BCUT2D eigenvalue weighted by Gasteiger charge is -2.18. The van der Waals surface area contributed by atoms with Crippen LogP contribution >= 0.6 is 0 Å². The first-order chi connectivity index (χ1) is 17.0. The number of allylic oxidation sites excluding steroid dienone is 1. The van der Waals surface area contributed by atoms with Gasteiger partial charge in [0.05, 0.1) is 6.42 Å². The molecule has 2 N–H and O–H groups in total. The zero-order valence-corrected chi connectivity index (χ0v) is 19.2. The third kappa shape index (κ3) is 5.40. The Morgan fingerprint density at radius 2 is 1.80 bits per heavy atom. The summed E-state index contributed by atoms with van der Waals surface area (Å²) in [5.41, 5.74) is 1.72. The van der Waals surface area contributed by atoms with E-state index in [0.717, 1.165) is 41.2 Å². The molecule has 35 heavy (non-hydrogen) atoms. The van der Waals surface area contributed by atoms with E-state index in [4.69, 9.17) is 14.2 Å². The van der Waals surface area contributed by atoms with Crippen LogP contribution in [0.2, 0.25) is 0 Å². The van der Waals surface area contributed by atoms with E-state index in [2.05, 4.69) is 11.4 Å². The van der Waals surface area contributed by atoms with Crippen molar-refractivity contribution in [3.05, 3.63) is 77.9 Å². The molecule has 0 unspecified atom stereocenters. The maximum atomic E-state index is 12.3. The molecule has 1 aliphatic carbocycles. The van der Waals surface area contributed by atoms with Crippen LogP contribution in [0.4, 0.5) is 0 Å². The molecule has 0 aromatic heterocycles. The number of carbonyl (C=O) groups excluding carboxylic acids is 1. The number of carboxylic acid groups (broad SMARTS) is 1. The number of benzene rings is 3. The summed E-state index contributed by atoms with van der Waals surface area (Å²) in [5, 5.41) is 14.5. The Hall–Kier alpha value is -4.00. The maximum Gasteiger partial charge on any atom is 0.304 e. The van der Waals surface area contributed by atoms with E-state index >= 15 is 0 Å². The number of aliphatic carboxylic acids is 1. The van der Waals surface area contributed by atoms with Crippen molar-refractivity contribution in [1.29, 1.82) is 0 Å². The fourth-order valence-electron chi connectivity index (χ4n) is 4.61.